The third kappa shape index (κ3) is 9.92. The number of unbranched alkanes of at least 4 members (excludes halogenated alkanes) is 7. The molecule has 0 atom stereocenters. The molecule has 1 aromatic carbocycles. The highest BCUT2D eigenvalue weighted by molar-refractivity contribution is 7.99. The normalized spacial score (nSPS) is 11.4. The Bertz CT molecular complexity index is 863. The molecule has 0 saturated heterocycles. The van der Waals surface area contributed by atoms with Gasteiger partial charge >= 0.3 is 5.97 Å². The van der Waals surface area contributed by atoms with Gasteiger partial charge in [0.25, 0.3) is 0 Å². The zero-order chi connectivity index (χ0) is 24.2. The lowest BCUT2D eigenvalue weighted by atomic mass is 10.1. The fourth-order valence-electron chi connectivity index (χ4n) is 3.70. The number of hydrogen-bond donors (Lipinski definition) is 0. The summed E-state index contributed by atoms with van der Waals surface area (Å²) in [5.41, 5.74) is 1.03. The molecule has 0 aliphatic rings. The van der Waals surface area contributed by atoms with Crippen LogP contribution in [-0.2, 0) is 23.0 Å². The summed E-state index contributed by atoms with van der Waals surface area (Å²) in [6.45, 7) is 6.85. The quantitative estimate of drug-likeness (QED) is 0.177. The Hall–Kier alpha value is -1.17. The van der Waals surface area contributed by atoms with Crippen molar-refractivity contribution in [3.05, 3.63) is 39.8 Å². The van der Waals surface area contributed by atoms with E-state index in [-0.39, 0.29) is 11.9 Å². The van der Waals surface area contributed by atoms with Crippen molar-refractivity contribution in [3.8, 4) is 0 Å². The molecule has 0 radical (unpaired) electrons. The summed E-state index contributed by atoms with van der Waals surface area (Å²) >= 11 is 13.9. The Kier molecular flexibility index (Phi) is 12.7. The molecule has 0 bridgehead atoms. The zero-order valence-electron chi connectivity index (χ0n) is 20.5. The summed E-state index contributed by atoms with van der Waals surface area (Å²) in [4.78, 5) is 17.9. The van der Waals surface area contributed by atoms with Gasteiger partial charge in [0, 0.05) is 34.8 Å². The predicted octanol–water partition coefficient (Wildman–Crippen LogP) is 8.62. The van der Waals surface area contributed by atoms with Gasteiger partial charge in [0.1, 0.15) is 10.9 Å². The zero-order valence-corrected chi connectivity index (χ0v) is 22.8. The Balaban J connectivity index is 1.82. The van der Waals surface area contributed by atoms with E-state index in [0.717, 1.165) is 34.3 Å². The maximum Gasteiger partial charge on any atom is 0.305 e. The summed E-state index contributed by atoms with van der Waals surface area (Å²) in [6.07, 6.45) is 10.8. The first-order valence-electron chi connectivity index (χ1n) is 12.2. The molecule has 2 rings (SSSR count). The Labute approximate surface area is 213 Å². The number of carbonyl (C=O) groups excluding carboxylic acids is 1. The van der Waals surface area contributed by atoms with Crippen LogP contribution in [0.3, 0.4) is 0 Å². The third-order valence-electron chi connectivity index (χ3n) is 5.58. The molecule has 0 amide bonds. The van der Waals surface area contributed by atoms with Gasteiger partial charge in [-0.25, -0.2) is 4.98 Å². The van der Waals surface area contributed by atoms with Gasteiger partial charge in [-0.3, -0.25) is 4.79 Å². The number of aromatic nitrogens is 2. The average Bonchev–Trinajstić information content (AvgIpc) is 3.05. The summed E-state index contributed by atoms with van der Waals surface area (Å²) in [5.74, 6) is 1.07. The van der Waals surface area contributed by atoms with Crippen LogP contribution in [0.2, 0.25) is 10.0 Å². The van der Waals surface area contributed by atoms with Gasteiger partial charge in [0.15, 0.2) is 0 Å². The first-order valence-corrected chi connectivity index (χ1v) is 13.7. The first kappa shape index (κ1) is 28.1. The molecule has 1 heterocycles. The Morgan fingerprint density at radius 3 is 2.24 bits per heavy atom. The van der Waals surface area contributed by atoms with Crippen molar-refractivity contribution in [2.45, 2.75) is 101 Å². The fraction of sp³-hybridized carbons (Fsp3) is 0.615. The topological polar surface area (TPSA) is 44.1 Å². The highest BCUT2D eigenvalue weighted by Crippen LogP contribution is 2.36. The lowest BCUT2D eigenvalue weighted by molar-refractivity contribution is -0.143. The van der Waals surface area contributed by atoms with Crippen LogP contribution in [0.5, 0.6) is 0 Å². The van der Waals surface area contributed by atoms with Crippen molar-refractivity contribution in [2.24, 2.45) is 7.05 Å². The second kappa shape index (κ2) is 15.0. The van der Waals surface area contributed by atoms with E-state index in [1.807, 2.05) is 19.2 Å². The van der Waals surface area contributed by atoms with Crippen molar-refractivity contribution in [1.29, 1.82) is 0 Å². The first-order chi connectivity index (χ1) is 15.8. The maximum absolute atomic E-state index is 12.1. The predicted molar refractivity (Wildman–Crippen MR) is 140 cm³/mol. The Morgan fingerprint density at radius 1 is 1.03 bits per heavy atom. The molecule has 33 heavy (non-hydrogen) atoms. The summed E-state index contributed by atoms with van der Waals surface area (Å²) < 4.78 is 7.57. The van der Waals surface area contributed by atoms with E-state index in [1.165, 1.54) is 38.5 Å². The smallest absolute Gasteiger partial charge is 0.305 e. The lowest BCUT2D eigenvalue weighted by Gasteiger charge is -2.10. The summed E-state index contributed by atoms with van der Waals surface area (Å²) in [5, 5.41) is 2.28. The van der Waals surface area contributed by atoms with Crippen molar-refractivity contribution >= 4 is 40.9 Å². The van der Waals surface area contributed by atoms with Gasteiger partial charge in [-0.15, -0.1) is 0 Å². The van der Waals surface area contributed by atoms with Crippen LogP contribution in [0, 0.1) is 0 Å². The second-order valence-electron chi connectivity index (χ2n) is 8.83. The number of carbonyl (C=O) groups is 1. The van der Waals surface area contributed by atoms with E-state index in [9.17, 15) is 4.79 Å². The minimum atomic E-state index is -0.109. The molecular weight excluding hydrogens is 475 g/mol. The van der Waals surface area contributed by atoms with E-state index in [4.69, 9.17) is 32.9 Å². The van der Waals surface area contributed by atoms with Crippen molar-refractivity contribution in [2.75, 3.05) is 6.61 Å². The van der Waals surface area contributed by atoms with Gasteiger partial charge in [-0.1, -0.05) is 101 Å². The highest BCUT2D eigenvalue weighted by Gasteiger charge is 2.19. The minimum absolute atomic E-state index is 0.109. The van der Waals surface area contributed by atoms with Gasteiger partial charge in [-0.05, 0) is 30.5 Å². The second-order valence-corrected chi connectivity index (χ2v) is 10.8. The van der Waals surface area contributed by atoms with Crippen LogP contribution in [0.1, 0.15) is 96.0 Å². The number of hydrogen-bond acceptors (Lipinski definition) is 4. The molecule has 0 aliphatic carbocycles. The van der Waals surface area contributed by atoms with Crippen molar-refractivity contribution in [1.82, 2.24) is 9.55 Å². The van der Waals surface area contributed by atoms with Crippen molar-refractivity contribution < 1.29 is 9.53 Å². The number of imidazole rings is 1. The van der Waals surface area contributed by atoms with Gasteiger partial charge in [0.2, 0.25) is 0 Å². The van der Waals surface area contributed by atoms with Crippen LogP contribution in [0.4, 0.5) is 0 Å². The van der Waals surface area contributed by atoms with Crippen molar-refractivity contribution in [3.63, 3.8) is 0 Å². The number of halogens is 2. The lowest BCUT2D eigenvalue weighted by Crippen LogP contribution is -2.10. The van der Waals surface area contributed by atoms with E-state index >= 15 is 0 Å². The molecule has 0 aliphatic heterocycles. The number of benzene rings is 1. The van der Waals surface area contributed by atoms with Gasteiger partial charge in [-0.2, -0.15) is 0 Å². The van der Waals surface area contributed by atoms with Crippen LogP contribution in [0.25, 0.3) is 0 Å². The third-order valence-corrected chi connectivity index (χ3v) is 7.17. The molecule has 0 spiro atoms. The van der Waals surface area contributed by atoms with E-state index in [1.54, 1.807) is 17.8 Å². The van der Waals surface area contributed by atoms with E-state index in [0.29, 0.717) is 29.5 Å². The van der Waals surface area contributed by atoms with E-state index < -0.39 is 0 Å². The SMILES string of the molecule is CCCCCCCCCCC(=O)OCCc1nc(C(C)C)c(Sc2cc(Cl)cc(Cl)c2)n1C. The highest BCUT2D eigenvalue weighted by atomic mass is 35.5. The minimum Gasteiger partial charge on any atom is -0.465 e. The largest absolute Gasteiger partial charge is 0.465 e. The van der Waals surface area contributed by atoms with Gasteiger partial charge in [0.05, 0.1) is 12.3 Å². The Morgan fingerprint density at radius 2 is 1.64 bits per heavy atom. The summed E-state index contributed by atoms with van der Waals surface area (Å²) in [6, 6.07) is 5.54. The molecule has 2 aromatic rings. The monoisotopic (exact) mass is 512 g/mol. The van der Waals surface area contributed by atoms with Crippen LogP contribution in [-0.4, -0.2) is 22.1 Å². The average molecular weight is 514 g/mol. The molecule has 0 unspecified atom stereocenters. The molecule has 0 fully saturated rings. The van der Waals surface area contributed by atoms with Gasteiger partial charge < -0.3 is 9.30 Å². The number of rotatable bonds is 15. The number of esters is 1. The van der Waals surface area contributed by atoms with Crippen LogP contribution < -0.4 is 0 Å². The van der Waals surface area contributed by atoms with E-state index in [2.05, 4.69) is 25.3 Å². The fourth-order valence-corrected chi connectivity index (χ4v) is 5.58. The molecule has 7 heteroatoms. The summed E-state index contributed by atoms with van der Waals surface area (Å²) in [7, 11) is 2.00. The molecule has 184 valence electrons. The standard InChI is InChI=1S/C26H38Cl2N2O2S/c1-5-6-7-8-9-10-11-12-13-24(31)32-15-14-23-29-25(19(2)3)26(30(23)4)33-22-17-20(27)16-21(28)18-22/h16-19H,5-15H2,1-4H3. The van der Waals surface area contributed by atoms with Crippen LogP contribution >= 0.6 is 35.0 Å². The molecule has 0 saturated carbocycles. The van der Waals surface area contributed by atoms with Crippen LogP contribution in [0.15, 0.2) is 28.1 Å². The molecular formula is C26H38Cl2N2O2S. The molecule has 0 N–H and O–H groups in total. The molecule has 4 nitrogen and oxygen atoms in total. The maximum atomic E-state index is 12.1. The molecule has 1 aromatic heterocycles. The number of nitrogens with zero attached hydrogens (tertiary/aromatic N) is 2. The number of ether oxygens (including phenoxy) is 1.